The van der Waals surface area contributed by atoms with Gasteiger partial charge < -0.3 is 40.5 Å². The van der Waals surface area contributed by atoms with Crippen molar-refractivity contribution >= 4 is 0 Å². The average molecular weight is 1280 g/mol. The summed E-state index contributed by atoms with van der Waals surface area (Å²) in [5, 5.41) is 0. The fourth-order valence-electron chi connectivity index (χ4n) is 1.92. The first-order valence-electron chi connectivity index (χ1n) is 21.5. The molecule has 0 aliphatic heterocycles. The molecule has 0 N–H and O–H groups in total. The van der Waals surface area contributed by atoms with Gasteiger partial charge in [-0.3, -0.25) is 5.92 Å². The molecule has 0 bridgehead atoms. The van der Waals surface area contributed by atoms with Crippen LogP contribution < -0.4 is 0 Å². The van der Waals surface area contributed by atoms with Gasteiger partial charge in [0.1, 0.15) is 0 Å². The molecular weight excluding hydrogens is 1180 g/mol. The van der Waals surface area contributed by atoms with E-state index in [1.807, 2.05) is 41.5 Å². The molecule has 0 atom stereocenters. The third kappa shape index (κ3) is 446. The Bertz CT molecular complexity index is 521. The first-order valence-corrected chi connectivity index (χ1v) is 21.5. The van der Waals surface area contributed by atoms with E-state index in [1.165, 1.54) is 83.5 Å². The minimum absolute atomic E-state index is 0. The Hall–Kier alpha value is 0.175. The van der Waals surface area contributed by atoms with Gasteiger partial charge in [0.2, 0.25) is 0 Å². The van der Waals surface area contributed by atoms with Gasteiger partial charge in [-0.15, -0.1) is 36.0 Å². The number of hydrogen-bond donors (Lipinski definition) is 0. The van der Waals surface area contributed by atoms with Crippen molar-refractivity contribution in [2.45, 2.75) is 254 Å². The minimum atomic E-state index is 0. The van der Waals surface area contributed by atoms with Crippen molar-refractivity contribution in [1.29, 1.82) is 0 Å². The Morgan fingerprint density at radius 1 is 0.400 bits per heavy atom. The molecule has 0 aromatic carbocycles. The summed E-state index contributed by atoms with van der Waals surface area (Å²) in [4.78, 5) is 0. The molecule has 0 aliphatic carbocycles. The molecule has 0 amide bonds. The minimum Gasteiger partial charge on any atom is -0.346 e. The van der Waals surface area contributed by atoms with E-state index in [0.717, 1.165) is 38.5 Å². The van der Waals surface area contributed by atoms with Crippen LogP contribution in [0.1, 0.15) is 254 Å². The maximum atomic E-state index is 4.78. The molecule has 0 spiro atoms. The maximum absolute atomic E-state index is 4.78. The number of unbranched alkanes of at least 4 members (excludes halogenated alkanes) is 10. The van der Waals surface area contributed by atoms with Gasteiger partial charge >= 0.3 is 63.2 Å². The predicted molar refractivity (Wildman–Crippen MR) is 260 cm³/mol. The summed E-state index contributed by atoms with van der Waals surface area (Å²) in [5.74, 6) is 19.4. The van der Waals surface area contributed by atoms with Crippen LogP contribution in [0.25, 0.3) is 0 Å². The quantitative estimate of drug-likeness (QED) is 0.116. The Kier molecular flexibility index (Phi) is 429. The van der Waals surface area contributed by atoms with Crippen molar-refractivity contribution < 1.29 is 63.2 Å². The van der Waals surface area contributed by atoms with Crippen molar-refractivity contribution in [3.05, 3.63) is 41.5 Å². The largest absolute Gasteiger partial charge is 2.00 e. The molecule has 3 heteroatoms. The van der Waals surface area contributed by atoms with Crippen molar-refractivity contribution in [3.8, 4) is 47.9 Å². The smallest absolute Gasteiger partial charge is 0.346 e. The van der Waals surface area contributed by atoms with Gasteiger partial charge in [0.15, 0.2) is 0 Å². The summed E-state index contributed by atoms with van der Waals surface area (Å²) in [6, 6.07) is 0. The van der Waals surface area contributed by atoms with Crippen LogP contribution in [0.5, 0.6) is 0 Å². The van der Waals surface area contributed by atoms with Crippen LogP contribution in [0.3, 0.4) is 0 Å². The Labute approximate surface area is 403 Å². The van der Waals surface area contributed by atoms with Gasteiger partial charge in [0.05, 0.1) is 0 Å². The molecule has 0 heterocycles. The summed E-state index contributed by atoms with van der Waals surface area (Å²) >= 11 is 0. The zero-order valence-electron chi connectivity index (χ0n) is 42.0. The summed E-state index contributed by atoms with van der Waals surface area (Å²) in [6.45, 7) is 58.5. The molecule has 0 aromatic rings. The van der Waals surface area contributed by atoms with Crippen LogP contribution in [0, 0.1) is 89.4 Å². The van der Waals surface area contributed by atoms with Crippen molar-refractivity contribution in [2.24, 2.45) is 0 Å². The fourth-order valence-corrected chi connectivity index (χ4v) is 1.92. The first-order chi connectivity index (χ1) is 25.3. The monoisotopic (exact) mass is 1280 g/mol. The van der Waals surface area contributed by atoms with Crippen LogP contribution in [0.4, 0.5) is 0 Å². The predicted octanol–water partition coefficient (Wildman–Crippen LogP) is 19.3. The van der Waals surface area contributed by atoms with E-state index in [0.29, 0.717) is 0 Å². The molecule has 0 aromatic heterocycles. The van der Waals surface area contributed by atoms with Gasteiger partial charge in [-0.25, -0.2) is 0 Å². The van der Waals surface area contributed by atoms with E-state index in [2.05, 4.69) is 145 Å². The van der Waals surface area contributed by atoms with E-state index >= 15 is 0 Å². The summed E-state index contributed by atoms with van der Waals surface area (Å²) < 4.78 is 0. The summed E-state index contributed by atoms with van der Waals surface area (Å²) in [5.41, 5.74) is 0. The van der Waals surface area contributed by atoms with Crippen LogP contribution in [-0.4, -0.2) is 0 Å². The zero-order chi connectivity index (χ0) is 44.4. The third-order valence-corrected chi connectivity index (χ3v) is 4.55. The second-order valence-corrected chi connectivity index (χ2v) is 9.12. The van der Waals surface area contributed by atoms with Gasteiger partial charge in [0, 0.05) is 25.7 Å². The van der Waals surface area contributed by atoms with E-state index in [4.69, 9.17) is 6.42 Å². The molecule has 334 valence electrons. The molecule has 0 rings (SSSR count). The van der Waals surface area contributed by atoms with Gasteiger partial charge in [-0.05, 0) is 13.3 Å². The SMILES string of the molecule is C#CCC.CC.CC#CCC.CCC#CCCC.CCCC.CCCCC.CCCCCCC.[CH2-]C.[CH2-]C.[CH2-]C.[CH2-]C.[CH2-]C#CCC.[CH2-]CCCC.[W+2].[W+2].[W+2]. The van der Waals surface area contributed by atoms with E-state index in [9.17, 15) is 0 Å². The third-order valence-electron chi connectivity index (χ3n) is 4.55. The Morgan fingerprint density at radius 2 is 0.709 bits per heavy atom. The normalized spacial score (nSPS) is 6.02. The Balaban J connectivity index is -0.0000000218. The molecule has 0 aliphatic rings. The number of terminal acetylenes is 1. The van der Waals surface area contributed by atoms with E-state index < -0.39 is 0 Å². The second kappa shape index (κ2) is 224. The number of hydrogen-bond acceptors (Lipinski definition) is 0. The molecular formula is C52H108W3. The molecule has 0 fully saturated rings. The standard InChI is InChI=1S/C7H16.C7H12.C5H12.C5H11.C5H8.C5H7.C4H10.C4H6.C2H6.4C2H5.3W/c2*1-3-5-7-6-4-2;4*1-3-5-4-2;2*1-3-4-2;5*1-2;;;/h3-7H2,1-2H3;3-5H2,1-2H3;3-5H2,1-2H3;1,3-5H2,2H3;3H2,1-2H3;1,4H2,2H3;3-4H2,1-2H3;1H,4H2,2H3;1-2H3;4*1H2,2H3;;;/q;;;-1;;-1;;;;4*-1;3*+2. The Morgan fingerprint density at radius 3 is 0.800 bits per heavy atom. The molecule has 0 saturated carbocycles. The summed E-state index contributed by atoms with van der Waals surface area (Å²) in [7, 11) is 0. The first kappa shape index (κ1) is 106. The second-order valence-electron chi connectivity index (χ2n) is 9.12. The van der Waals surface area contributed by atoms with E-state index in [-0.39, 0.29) is 63.2 Å². The topological polar surface area (TPSA) is 0 Å². The van der Waals surface area contributed by atoms with E-state index in [1.54, 1.807) is 27.7 Å². The average Bonchev–Trinajstić information content (AvgIpc) is 3.22. The van der Waals surface area contributed by atoms with Crippen LogP contribution in [0.2, 0.25) is 0 Å². The molecule has 55 heavy (non-hydrogen) atoms. The van der Waals surface area contributed by atoms with Gasteiger partial charge in [-0.2, -0.15) is 41.0 Å². The van der Waals surface area contributed by atoms with Gasteiger partial charge in [-0.1, -0.05) is 180 Å². The van der Waals surface area contributed by atoms with Crippen LogP contribution in [-0.2, 0) is 63.2 Å². The van der Waals surface area contributed by atoms with Crippen molar-refractivity contribution in [2.75, 3.05) is 0 Å². The molecule has 0 saturated heterocycles. The molecule has 0 unspecified atom stereocenters. The van der Waals surface area contributed by atoms with Crippen molar-refractivity contribution in [3.63, 3.8) is 0 Å². The van der Waals surface area contributed by atoms with Gasteiger partial charge in [0.25, 0.3) is 0 Å². The summed E-state index contributed by atoms with van der Waals surface area (Å²) in [6.07, 6.45) is 28.2. The van der Waals surface area contributed by atoms with Crippen LogP contribution in [0.15, 0.2) is 0 Å². The fraction of sp³-hybridized carbons (Fsp3) is 0.731. The maximum Gasteiger partial charge on any atom is 2.00 e. The zero-order valence-corrected chi connectivity index (χ0v) is 50.8. The molecule has 0 radical (unpaired) electrons. The molecule has 0 nitrogen and oxygen atoms in total. The van der Waals surface area contributed by atoms with Crippen molar-refractivity contribution in [1.82, 2.24) is 0 Å². The number of rotatable bonds is 10. The van der Waals surface area contributed by atoms with Crippen LogP contribution >= 0.6 is 0 Å².